The highest BCUT2D eigenvalue weighted by Crippen LogP contribution is 2.28. The van der Waals surface area contributed by atoms with E-state index in [4.69, 9.17) is 4.74 Å². The number of rotatable bonds is 4. The molecule has 0 fully saturated rings. The van der Waals surface area contributed by atoms with Crippen molar-refractivity contribution in [1.29, 1.82) is 0 Å². The Balaban J connectivity index is 2.18. The highest BCUT2D eigenvalue weighted by Gasteiger charge is 2.26. The predicted octanol–water partition coefficient (Wildman–Crippen LogP) is 4.13. The summed E-state index contributed by atoms with van der Waals surface area (Å²) < 4.78 is 5.56. The van der Waals surface area contributed by atoms with Gasteiger partial charge < -0.3 is 9.84 Å². The molecule has 21 heavy (non-hydrogen) atoms. The van der Waals surface area contributed by atoms with Crippen molar-refractivity contribution in [2.45, 2.75) is 19.4 Å². The molecule has 0 radical (unpaired) electrons. The average molecular weight is 282 g/mol. The van der Waals surface area contributed by atoms with Crippen LogP contribution in [-0.2, 0) is 10.3 Å². The summed E-state index contributed by atoms with van der Waals surface area (Å²) in [5, 5.41) is 9.54. The molecule has 2 aromatic rings. The van der Waals surface area contributed by atoms with E-state index < -0.39 is 11.6 Å². The van der Waals surface area contributed by atoms with Crippen LogP contribution in [0.1, 0.15) is 35.3 Å². The molecule has 0 atom stereocenters. The molecule has 2 rings (SSSR count). The number of hydrogen-bond acceptors (Lipinski definition) is 3. The van der Waals surface area contributed by atoms with Gasteiger partial charge in [-0.3, -0.25) is 0 Å². The Morgan fingerprint density at radius 2 is 1.86 bits per heavy atom. The molecule has 0 spiro atoms. The minimum Gasteiger partial charge on any atom is -0.508 e. The molecule has 0 aliphatic rings. The summed E-state index contributed by atoms with van der Waals surface area (Å²) in [5.41, 5.74) is 1.33. The van der Waals surface area contributed by atoms with Crippen molar-refractivity contribution in [3.8, 4) is 5.75 Å². The van der Waals surface area contributed by atoms with E-state index in [2.05, 4.69) is 6.58 Å². The van der Waals surface area contributed by atoms with Gasteiger partial charge in [0.05, 0.1) is 5.56 Å². The Morgan fingerprint density at radius 3 is 2.43 bits per heavy atom. The highest BCUT2D eigenvalue weighted by atomic mass is 16.6. The molecule has 3 heteroatoms. The van der Waals surface area contributed by atoms with Crippen molar-refractivity contribution in [3.05, 3.63) is 71.8 Å². The van der Waals surface area contributed by atoms with Gasteiger partial charge in [0.1, 0.15) is 11.4 Å². The van der Waals surface area contributed by atoms with E-state index >= 15 is 0 Å². The predicted molar refractivity (Wildman–Crippen MR) is 83.1 cm³/mol. The maximum Gasteiger partial charge on any atom is 0.338 e. The maximum absolute atomic E-state index is 12.2. The first kappa shape index (κ1) is 14.9. The standard InChI is InChI=1S/C18H18O3/c1-4-13-8-10-14(11-9-13)17(20)21-18(2,3)15-6-5-7-16(19)12-15/h4-12,19H,1H2,2-3H3. The fourth-order valence-electron chi connectivity index (χ4n) is 1.99. The zero-order valence-corrected chi connectivity index (χ0v) is 12.2. The third-order valence-electron chi connectivity index (χ3n) is 3.27. The summed E-state index contributed by atoms with van der Waals surface area (Å²) in [7, 11) is 0. The quantitative estimate of drug-likeness (QED) is 0.858. The summed E-state index contributed by atoms with van der Waals surface area (Å²) in [5.74, 6) is -0.258. The first-order valence-corrected chi connectivity index (χ1v) is 6.68. The third kappa shape index (κ3) is 3.51. The van der Waals surface area contributed by atoms with Crippen molar-refractivity contribution < 1.29 is 14.6 Å². The molecule has 0 heterocycles. The van der Waals surface area contributed by atoms with Gasteiger partial charge in [-0.25, -0.2) is 4.79 Å². The van der Waals surface area contributed by atoms with E-state index in [1.54, 1.807) is 50.3 Å². The van der Waals surface area contributed by atoms with Gasteiger partial charge in [0, 0.05) is 0 Å². The second kappa shape index (κ2) is 5.83. The van der Waals surface area contributed by atoms with Crippen LogP contribution in [0, 0.1) is 0 Å². The molecule has 0 aliphatic heterocycles. The number of ether oxygens (including phenoxy) is 1. The van der Waals surface area contributed by atoms with E-state index in [0.717, 1.165) is 11.1 Å². The molecule has 0 aliphatic carbocycles. The zero-order chi connectivity index (χ0) is 15.5. The summed E-state index contributed by atoms with van der Waals surface area (Å²) in [6.45, 7) is 7.25. The van der Waals surface area contributed by atoms with Crippen LogP contribution in [0.15, 0.2) is 55.1 Å². The molecule has 0 bridgehead atoms. The van der Waals surface area contributed by atoms with Crippen molar-refractivity contribution in [3.63, 3.8) is 0 Å². The fourth-order valence-corrected chi connectivity index (χ4v) is 1.99. The van der Waals surface area contributed by atoms with Gasteiger partial charge in [0.15, 0.2) is 0 Å². The lowest BCUT2D eigenvalue weighted by Gasteiger charge is -2.25. The number of carbonyl (C=O) groups is 1. The van der Waals surface area contributed by atoms with Crippen LogP contribution >= 0.6 is 0 Å². The van der Waals surface area contributed by atoms with Crippen LogP contribution in [0.3, 0.4) is 0 Å². The molecule has 2 aromatic carbocycles. The number of phenolic OH excluding ortho intramolecular Hbond substituents is 1. The van der Waals surface area contributed by atoms with Gasteiger partial charge in [-0.1, -0.05) is 36.9 Å². The van der Waals surface area contributed by atoms with Crippen molar-refractivity contribution in [2.24, 2.45) is 0 Å². The topological polar surface area (TPSA) is 46.5 Å². The normalized spacial score (nSPS) is 11.0. The second-order valence-corrected chi connectivity index (χ2v) is 5.28. The Morgan fingerprint density at radius 1 is 1.19 bits per heavy atom. The van der Waals surface area contributed by atoms with E-state index in [-0.39, 0.29) is 5.75 Å². The number of esters is 1. The lowest BCUT2D eigenvalue weighted by Crippen LogP contribution is -2.25. The largest absolute Gasteiger partial charge is 0.508 e. The van der Waals surface area contributed by atoms with Gasteiger partial charge in [0.2, 0.25) is 0 Å². The maximum atomic E-state index is 12.2. The minimum atomic E-state index is -0.826. The number of benzene rings is 2. The van der Waals surface area contributed by atoms with Gasteiger partial charge >= 0.3 is 5.97 Å². The highest BCUT2D eigenvalue weighted by molar-refractivity contribution is 5.90. The Kier molecular flexibility index (Phi) is 4.13. The van der Waals surface area contributed by atoms with E-state index in [1.807, 2.05) is 18.2 Å². The lowest BCUT2D eigenvalue weighted by atomic mass is 9.97. The number of aromatic hydroxyl groups is 1. The van der Waals surface area contributed by atoms with E-state index in [1.165, 1.54) is 0 Å². The molecule has 0 aromatic heterocycles. The van der Waals surface area contributed by atoms with Gasteiger partial charge in [-0.15, -0.1) is 0 Å². The Bertz CT molecular complexity index is 654. The molecular weight excluding hydrogens is 264 g/mol. The smallest absolute Gasteiger partial charge is 0.338 e. The van der Waals surface area contributed by atoms with Gasteiger partial charge in [-0.05, 0) is 49.2 Å². The van der Waals surface area contributed by atoms with Gasteiger partial charge in [-0.2, -0.15) is 0 Å². The van der Waals surface area contributed by atoms with Crippen LogP contribution in [0.5, 0.6) is 5.75 Å². The molecule has 0 amide bonds. The minimum absolute atomic E-state index is 0.145. The SMILES string of the molecule is C=Cc1ccc(C(=O)OC(C)(C)c2cccc(O)c2)cc1. The van der Waals surface area contributed by atoms with Gasteiger partial charge in [0.25, 0.3) is 0 Å². The first-order valence-electron chi connectivity index (χ1n) is 6.68. The molecule has 108 valence electrons. The summed E-state index contributed by atoms with van der Waals surface area (Å²) in [6.07, 6.45) is 1.71. The summed E-state index contributed by atoms with van der Waals surface area (Å²) >= 11 is 0. The van der Waals surface area contributed by atoms with Crippen LogP contribution in [0.2, 0.25) is 0 Å². The lowest BCUT2D eigenvalue weighted by molar-refractivity contribution is -0.00321. The van der Waals surface area contributed by atoms with Crippen LogP contribution in [-0.4, -0.2) is 11.1 Å². The molecule has 0 saturated heterocycles. The Labute approximate surface area is 124 Å². The van der Waals surface area contributed by atoms with Crippen molar-refractivity contribution >= 4 is 12.0 Å². The molecule has 1 N–H and O–H groups in total. The average Bonchev–Trinajstić information content (AvgIpc) is 2.47. The molecular formula is C18H18O3. The third-order valence-corrected chi connectivity index (χ3v) is 3.27. The first-order chi connectivity index (χ1) is 9.92. The Hall–Kier alpha value is -2.55. The zero-order valence-electron chi connectivity index (χ0n) is 12.2. The van der Waals surface area contributed by atoms with E-state index in [0.29, 0.717) is 5.56 Å². The fraction of sp³-hybridized carbons (Fsp3) is 0.167. The monoisotopic (exact) mass is 282 g/mol. The molecule has 0 saturated carbocycles. The molecule has 3 nitrogen and oxygen atoms in total. The van der Waals surface area contributed by atoms with Crippen molar-refractivity contribution in [2.75, 3.05) is 0 Å². The van der Waals surface area contributed by atoms with Crippen LogP contribution in [0.25, 0.3) is 6.08 Å². The summed E-state index contributed by atoms with van der Waals surface area (Å²) in [4.78, 5) is 12.2. The molecule has 0 unspecified atom stereocenters. The number of carbonyl (C=O) groups excluding carboxylic acids is 1. The number of phenols is 1. The van der Waals surface area contributed by atoms with Crippen LogP contribution in [0.4, 0.5) is 0 Å². The van der Waals surface area contributed by atoms with E-state index in [9.17, 15) is 9.90 Å². The summed E-state index contributed by atoms with van der Waals surface area (Å²) in [6, 6.07) is 13.7. The van der Waals surface area contributed by atoms with Crippen molar-refractivity contribution in [1.82, 2.24) is 0 Å². The second-order valence-electron chi connectivity index (χ2n) is 5.28. The number of hydrogen-bond donors (Lipinski definition) is 1. The van der Waals surface area contributed by atoms with Crippen LogP contribution < -0.4 is 0 Å².